The number of H-pyrrole nitrogens is 1. The maximum atomic E-state index is 13.3. The molecule has 0 amide bonds. The monoisotopic (exact) mass is 404 g/mol. The molecule has 4 rings (SSSR count). The lowest BCUT2D eigenvalue weighted by Crippen LogP contribution is -2.18. The summed E-state index contributed by atoms with van der Waals surface area (Å²) in [7, 11) is 0. The van der Waals surface area contributed by atoms with Crippen LogP contribution in [-0.2, 0) is 17.6 Å². The first-order valence-electron chi connectivity index (χ1n) is 9.03. The Balaban J connectivity index is 1.63. The number of aryl methyl sites for hydroxylation is 1. The zero-order chi connectivity index (χ0) is 20.0. The molecule has 0 fully saturated rings. The number of carbonyl (C=O) groups is 1. The van der Waals surface area contributed by atoms with Crippen LogP contribution in [0.4, 0.5) is 8.78 Å². The van der Waals surface area contributed by atoms with Crippen molar-refractivity contribution in [2.75, 3.05) is 0 Å². The Morgan fingerprint density at radius 3 is 2.75 bits per heavy atom. The van der Waals surface area contributed by atoms with E-state index in [0.29, 0.717) is 22.2 Å². The summed E-state index contributed by atoms with van der Waals surface area (Å²) in [6, 6.07) is 2.46. The molecular formula is C20H18F2N2O3S. The van der Waals surface area contributed by atoms with E-state index in [1.54, 1.807) is 6.92 Å². The summed E-state index contributed by atoms with van der Waals surface area (Å²) in [5.41, 5.74) is 0.568. The number of ether oxygens (including phenoxy) is 1. The van der Waals surface area contributed by atoms with Gasteiger partial charge in [-0.2, -0.15) is 0 Å². The summed E-state index contributed by atoms with van der Waals surface area (Å²) in [6.45, 7) is 3.74. The quantitative estimate of drug-likeness (QED) is 0.661. The molecule has 1 aliphatic rings. The predicted octanol–water partition coefficient (Wildman–Crippen LogP) is 4.31. The Labute approximate surface area is 163 Å². The van der Waals surface area contributed by atoms with Crippen molar-refractivity contribution in [3.05, 3.63) is 62.0 Å². The Kier molecular flexibility index (Phi) is 4.74. The second-order valence-corrected chi connectivity index (χ2v) is 8.27. The topological polar surface area (TPSA) is 72.0 Å². The van der Waals surface area contributed by atoms with E-state index in [4.69, 9.17) is 4.74 Å². The van der Waals surface area contributed by atoms with E-state index in [1.165, 1.54) is 16.2 Å². The molecule has 2 atom stereocenters. The van der Waals surface area contributed by atoms with Crippen molar-refractivity contribution in [1.29, 1.82) is 0 Å². The SMILES string of the molecule is C[C@@H]1CCc2c(sc3nc([C@H](C)OC(=O)c4cc(F)cc(F)c4)[nH]c(=O)c23)C1. The molecule has 0 saturated carbocycles. The smallest absolute Gasteiger partial charge is 0.339 e. The third-order valence-electron chi connectivity index (χ3n) is 4.95. The molecule has 0 saturated heterocycles. The van der Waals surface area contributed by atoms with Crippen molar-refractivity contribution in [1.82, 2.24) is 9.97 Å². The first-order chi connectivity index (χ1) is 13.3. The van der Waals surface area contributed by atoms with Gasteiger partial charge in [0.15, 0.2) is 11.9 Å². The summed E-state index contributed by atoms with van der Waals surface area (Å²) in [4.78, 5) is 33.8. The Morgan fingerprint density at radius 2 is 2.04 bits per heavy atom. The number of benzene rings is 1. The number of nitrogens with zero attached hydrogens (tertiary/aromatic N) is 1. The highest BCUT2D eigenvalue weighted by Gasteiger charge is 2.24. The number of nitrogens with one attached hydrogen (secondary N) is 1. The van der Waals surface area contributed by atoms with E-state index in [9.17, 15) is 18.4 Å². The summed E-state index contributed by atoms with van der Waals surface area (Å²) in [5.74, 6) is -1.86. The van der Waals surface area contributed by atoms with Gasteiger partial charge in [-0.25, -0.2) is 18.6 Å². The van der Waals surface area contributed by atoms with E-state index in [0.717, 1.165) is 37.0 Å². The van der Waals surface area contributed by atoms with E-state index in [2.05, 4.69) is 16.9 Å². The zero-order valence-electron chi connectivity index (χ0n) is 15.3. The number of carbonyl (C=O) groups excluding carboxylic acids is 1. The average molecular weight is 404 g/mol. The first-order valence-corrected chi connectivity index (χ1v) is 9.85. The lowest BCUT2D eigenvalue weighted by molar-refractivity contribution is 0.0319. The second kappa shape index (κ2) is 7.09. The summed E-state index contributed by atoms with van der Waals surface area (Å²) < 4.78 is 31.9. The molecule has 1 N–H and O–H groups in total. The van der Waals surface area contributed by atoms with Gasteiger partial charge in [-0.15, -0.1) is 11.3 Å². The molecular weight excluding hydrogens is 386 g/mol. The second-order valence-electron chi connectivity index (χ2n) is 7.19. The van der Waals surface area contributed by atoms with Crippen molar-refractivity contribution in [2.24, 2.45) is 5.92 Å². The Hall–Kier alpha value is -2.61. The van der Waals surface area contributed by atoms with Gasteiger partial charge in [0.05, 0.1) is 10.9 Å². The average Bonchev–Trinajstić information content (AvgIpc) is 2.98. The van der Waals surface area contributed by atoms with E-state index in [-0.39, 0.29) is 16.9 Å². The van der Waals surface area contributed by atoms with Gasteiger partial charge in [0, 0.05) is 10.9 Å². The zero-order valence-corrected chi connectivity index (χ0v) is 16.2. The van der Waals surface area contributed by atoms with Crippen molar-refractivity contribution < 1.29 is 18.3 Å². The number of aromatic nitrogens is 2. The minimum Gasteiger partial charge on any atom is -0.451 e. The van der Waals surface area contributed by atoms with Crippen LogP contribution in [0, 0.1) is 17.6 Å². The summed E-state index contributed by atoms with van der Waals surface area (Å²) in [6.07, 6.45) is 1.95. The minimum absolute atomic E-state index is 0.203. The molecule has 0 spiro atoms. The number of hydrogen-bond acceptors (Lipinski definition) is 5. The third kappa shape index (κ3) is 3.44. The maximum absolute atomic E-state index is 13.3. The molecule has 2 aromatic heterocycles. The molecule has 8 heteroatoms. The number of rotatable bonds is 3. The molecule has 0 unspecified atom stereocenters. The number of thiophene rings is 1. The molecule has 5 nitrogen and oxygen atoms in total. The van der Waals surface area contributed by atoms with Gasteiger partial charge in [0.25, 0.3) is 5.56 Å². The van der Waals surface area contributed by atoms with Crippen molar-refractivity contribution in [3.63, 3.8) is 0 Å². The van der Waals surface area contributed by atoms with Crippen LogP contribution in [-0.4, -0.2) is 15.9 Å². The van der Waals surface area contributed by atoms with Crippen molar-refractivity contribution in [3.8, 4) is 0 Å². The van der Waals surface area contributed by atoms with Gasteiger partial charge >= 0.3 is 5.97 Å². The van der Waals surface area contributed by atoms with Crippen LogP contribution in [0.15, 0.2) is 23.0 Å². The molecule has 0 bridgehead atoms. The largest absolute Gasteiger partial charge is 0.451 e. The van der Waals surface area contributed by atoms with Crippen LogP contribution in [0.3, 0.4) is 0 Å². The lowest BCUT2D eigenvalue weighted by atomic mass is 9.89. The molecule has 1 aliphatic carbocycles. The molecule has 28 heavy (non-hydrogen) atoms. The molecule has 0 aliphatic heterocycles. The van der Waals surface area contributed by atoms with Gasteiger partial charge in [-0.1, -0.05) is 6.92 Å². The highest BCUT2D eigenvalue weighted by atomic mass is 32.1. The van der Waals surface area contributed by atoms with E-state index >= 15 is 0 Å². The third-order valence-corrected chi connectivity index (χ3v) is 6.10. The summed E-state index contributed by atoms with van der Waals surface area (Å²) >= 11 is 1.50. The molecule has 146 valence electrons. The van der Waals surface area contributed by atoms with Gasteiger partial charge < -0.3 is 9.72 Å². The Bertz CT molecular complexity index is 1120. The van der Waals surface area contributed by atoms with Crippen LogP contribution >= 0.6 is 11.3 Å². The number of halogens is 2. The molecule has 1 aromatic carbocycles. The fraction of sp³-hybridized carbons (Fsp3) is 0.350. The minimum atomic E-state index is -0.895. The highest BCUT2D eigenvalue weighted by molar-refractivity contribution is 7.18. The van der Waals surface area contributed by atoms with Gasteiger partial charge in [-0.3, -0.25) is 4.79 Å². The molecule has 3 aromatic rings. The fourth-order valence-corrected chi connectivity index (χ4v) is 4.90. The molecule has 0 radical (unpaired) electrons. The summed E-state index contributed by atoms with van der Waals surface area (Å²) in [5, 5.41) is 0.612. The van der Waals surface area contributed by atoms with Crippen LogP contribution in [0.1, 0.15) is 53.0 Å². The van der Waals surface area contributed by atoms with Crippen LogP contribution in [0.2, 0.25) is 0 Å². The normalized spacial score (nSPS) is 17.4. The first kappa shape index (κ1) is 18.7. The highest BCUT2D eigenvalue weighted by Crippen LogP contribution is 2.36. The number of esters is 1. The maximum Gasteiger partial charge on any atom is 0.339 e. The Morgan fingerprint density at radius 1 is 1.32 bits per heavy atom. The predicted molar refractivity (Wildman–Crippen MR) is 102 cm³/mol. The van der Waals surface area contributed by atoms with Gasteiger partial charge in [-0.05, 0) is 49.8 Å². The van der Waals surface area contributed by atoms with Crippen LogP contribution in [0.5, 0.6) is 0 Å². The van der Waals surface area contributed by atoms with Gasteiger partial charge in [0.1, 0.15) is 16.5 Å². The fourth-order valence-electron chi connectivity index (χ4n) is 3.51. The number of fused-ring (bicyclic) bond motifs is 3. The number of hydrogen-bond donors (Lipinski definition) is 1. The van der Waals surface area contributed by atoms with Crippen molar-refractivity contribution in [2.45, 2.75) is 39.2 Å². The van der Waals surface area contributed by atoms with Crippen LogP contribution in [0.25, 0.3) is 10.2 Å². The van der Waals surface area contributed by atoms with Gasteiger partial charge in [0.2, 0.25) is 0 Å². The standard InChI is InChI=1S/C20H18F2N2O3S/c1-9-3-4-14-15(5-9)28-19-16(14)18(25)23-17(24-19)10(2)27-20(26)11-6-12(21)8-13(22)7-11/h6-10H,3-5H2,1-2H3,(H,23,24,25)/t9-,10+/m1/s1. The van der Waals surface area contributed by atoms with Crippen LogP contribution < -0.4 is 5.56 Å². The number of aromatic amines is 1. The van der Waals surface area contributed by atoms with E-state index in [1.807, 2.05) is 0 Å². The van der Waals surface area contributed by atoms with E-state index < -0.39 is 23.7 Å². The lowest BCUT2D eigenvalue weighted by Gasteiger charge is -2.17. The van der Waals surface area contributed by atoms with Crippen molar-refractivity contribution >= 4 is 27.5 Å². The molecule has 2 heterocycles.